The number of rotatable bonds is 1. The molecule has 1 aliphatic rings. The first kappa shape index (κ1) is 7.74. The molecule has 0 N–H and O–H groups in total. The summed E-state index contributed by atoms with van der Waals surface area (Å²) in [6.07, 6.45) is 4.18. The van der Waals surface area contributed by atoms with Crippen LogP contribution in [-0.2, 0) is 13.0 Å². The summed E-state index contributed by atoms with van der Waals surface area (Å²) >= 11 is 0. The quantitative estimate of drug-likeness (QED) is 0.679. The minimum Gasteiger partial charge on any atom is -0.269 e. The van der Waals surface area contributed by atoms with Crippen LogP contribution in [0.4, 0.5) is 0 Å². The van der Waals surface area contributed by atoms with Gasteiger partial charge in [0.1, 0.15) is 5.69 Å². The van der Waals surface area contributed by atoms with E-state index in [1.807, 2.05) is 18.2 Å². The molecule has 0 saturated heterocycles. The third-order valence-corrected chi connectivity index (χ3v) is 2.59. The molecule has 0 amide bonds. The lowest BCUT2D eigenvalue weighted by Crippen LogP contribution is -1.94. The number of hydrogen-bond donors (Lipinski definition) is 0. The molecule has 0 bridgehead atoms. The number of pyridine rings is 1. The van der Waals surface area contributed by atoms with Gasteiger partial charge in [0, 0.05) is 18.4 Å². The van der Waals surface area contributed by atoms with E-state index in [1.54, 1.807) is 6.20 Å². The molecule has 2 aromatic heterocycles. The molecule has 1 aliphatic heterocycles. The van der Waals surface area contributed by atoms with E-state index in [0.717, 1.165) is 24.4 Å². The lowest BCUT2D eigenvalue weighted by molar-refractivity contribution is 0.658. The summed E-state index contributed by atoms with van der Waals surface area (Å²) in [6.45, 7) is 1.06. The summed E-state index contributed by atoms with van der Waals surface area (Å²) in [5.74, 6) is 0. The van der Waals surface area contributed by atoms with Gasteiger partial charge in [0.2, 0.25) is 0 Å². The standard InChI is InChI=1S/C11H11N3/c1-2-6-12-10(5-1)11-8-9-4-3-7-14(9)13-11/h1-2,5-6,8H,3-4,7H2. The fourth-order valence-corrected chi connectivity index (χ4v) is 1.90. The Morgan fingerprint density at radius 1 is 1.21 bits per heavy atom. The molecule has 3 nitrogen and oxygen atoms in total. The highest BCUT2D eigenvalue weighted by molar-refractivity contribution is 5.54. The maximum absolute atomic E-state index is 4.52. The number of nitrogens with zero attached hydrogens (tertiary/aromatic N) is 3. The summed E-state index contributed by atoms with van der Waals surface area (Å²) in [5, 5.41) is 4.52. The van der Waals surface area contributed by atoms with Gasteiger partial charge < -0.3 is 0 Å². The number of hydrogen-bond acceptors (Lipinski definition) is 2. The van der Waals surface area contributed by atoms with Crippen LogP contribution in [0.15, 0.2) is 30.5 Å². The maximum Gasteiger partial charge on any atom is 0.111 e. The third kappa shape index (κ3) is 1.13. The molecule has 14 heavy (non-hydrogen) atoms. The topological polar surface area (TPSA) is 30.7 Å². The highest BCUT2D eigenvalue weighted by atomic mass is 15.3. The van der Waals surface area contributed by atoms with Crippen molar-refractivity contribution in [1.82, 2.24) is 14.8 Å². The van der Waals surface area contributed by atoms with Crippen molar-refractivity contribution in [2.45, 2.75) is 19.4 Å². The van der Waals surface area contributed by atoms with Gasteiger partial charge in [0.15, 0.2) is 0 Å². The second-order valence-electron chi connectivity index (χ2n) is 3.56. The third-order valence-electron chi connectivity index (χ3n) is 2.59. The van der Waals surface area contributed by atoms with Crippen LogP contribution < -0.4 is 0 Å². The van der Waals surface area contributed by atoms with Gasteiger partial charge in [-0.25, -0.2) is 0 Å². The Labute approximate surface area is 82.4 Å². The van der Waals surface area contributed by atoms with Crippen LogP contribution in [0.25, 0.3) is 11.4 Å². The van der Waals surface area contributed by atoms with E-state index in [-0.39, 0.29) is 0 Å². The summed E-state index contributed by atoms with van der Waals surface area (Å²) < 4.78 is 2.09. The van der Waals surface area contributed by atoms with Crippen LogP contribution >= 0.6 is 0 Å². The molecule has 0 spiro atoms. The lowest BCUT2D eigenvalue weighted by atomic mass is 10.2. The largest absolute Gasteiger partial charge is 0.269 e. The van der Waals surface area contributed by atoms with Crippen LogP contribution in [0.3, 0.4) is 0 Å². The predicted molar refractivity (Wildman–Crippen MR) is 53.8 cm³/mol. The van der Waals surface area contributed by atoms with Crippen molar-refractivity contribution in [3.8, 4) is 11.4 Å². The first-order valence-corrected chi connectivity index (χ1v) is 4.91. The Kier molecular flexibility index (Phi) is 1.63. The monoisotopic (exact) mass is 185 g/mol. The molecule has 0 aromatic carbocycles. The van der Waals surface area contributed by atoms with Crippen LogP contribution in [-0.4, -0.2) is 14.8 Å². The van der Waals surface area contributed by atoms with Gasteiger partial charge in [-0.15, -0.1) is 0 Å². The molecule has 0 atom stereocenters. The van der Waals surface area contributed by atoms with E-state index in [1.165, 1.54) is 12.1 Å². The molecule has 2 aromatic rings. The molecule has 0 saturated carbocycles. The average molecular weight is 185 g/mol. The molecule has 70 valence electrons. The van der Waals surface area contributed by atoms with E-state index in [4.69, 9.17) is 0 Å². The molecule has 3 heterocycles. The van der Waals surface area contributed by atoms with E-state index >= 15 is 0 Å². The zero-order valence-electron chi connectivity index (χ0n) is 7.85. The van der Waals surface area contributed by atoms with E-state index in [0.29, 0.717) is 0 Å². The zero-order valence-corrected chi connectivity index (χ0v) is 7.85. The smallest absolute Gasteiger partial charge is 0.111 e. The molecular formula is C11H11N3. The van der Waals surface area contributed by atoms with Gasteiger partial charge in [-0.2, -0.15) is 5.10 Å². The fourth-order valence-electron chi connectivity index (χ4n) is 1.90. The fraction of sp³-hybridized carbons (Fsp3) is 0.273. The minimum atomic E-state index is 0.967. The lowest BCUT2D eigenvalue weighted by Gasteiger charge is -1.94. The summed E-state index contributed by atoms with van der Waals surface area (Å²) in [6, 6.07) is 8.06. The van der Waals surface area contributed by atoms with E-state index in [2.05, 4.69) is 20.8 Å². The van der Waals surface area contributed by atoms with Crippen molar-refractivity contribution in [1.29, 1.82) is 0 Å². The Balaban J connectivity index is 2.06. The van der Waals surface area contributed by atoms with Crippen molar-refractivity contribution in [3.05, 3.63) is 36.2 Å². The number of aryl methyl sites for hydroxylation is 2. The molecule has 0 aliphatic carbocycles. The summed E-state index contributed by atoms with van der Waals surface area (Å²) in [4.78, 5) is 4.29. The van der Waals surface area contributed by atoms with Crippen LogP contribution in [0.2, 0.25) is 0 Å². The maximum atomic E-state index is 4.52. The van der Waals surface area contributed by atoms with Crippen molar-refractivity contribution in [3.63, 3.8) is 0 Å². The zero-order chi connectivity index (χ0) is 9.38. The Hall–Kier alpha value is -1.64. The van der Waals surface area contributed by atoms with Gasteiger partial charge >= 0.3 is 0 Å². The second kappa shape index (κ2) is 2.94. The van der Waals surface area contributed by atoms with Crippen molar-refractivity contribution >= 4 is 0 Å². The molecule has 3 rings (SSSR count). The summed E-state index contributed by atoms with van der Waals surface area (Å²) in [5.41, 5.74) is 3.31. The van der Waals surface area contributed by atoms with Crippen molar-refractivity contribution < 1.29 is 0 Å². The van der Waals surface area contributed by atoms with Crippen molar-refractivity contribution in [2.24, 2.45) is 0 Å². The average Bonchev–Trinajstić information content (AvgIpc) is 2.78. The van der Waals surface area contributed by atoms with E-state index in [9.17, 15) is 0 Å². The van der Waals surface area contributed by atoms with Crippen LogP contribution in [0.1, 0.15) is 12.1 Å². The minimum absolute atomic E-state index is 0.967. The van der Waals surface area contributed by atoms with Gasteiger partial charge in [0.25, 0.3) is 0 Å². The van der Waals surface area contributed by atoms with Crippen molar-refractivity contribution in [2.75, 3.05) is 0 Å². The second-order valence-corrected chi connectivity index (χ2v) is 3.56. The van der Waals surface area contributed by atoms with E-state index < -0.39 is 0 Å². The van der Waals surface area contributed by atoms with Gasteiger partial charge in [0.05, 0.1) is 5.69 Å². The van der Waals surface area contributed by atoms with Crippen LogP contribution in [0.5, 0.6) is 0 Å². The first-order valence-electron chi connectivity index (χ1n) is 4.91. The van der Waals surface area contributed by atoms with Gasteiger partial charge in [-0.05, 0) is 31.0 Å². The van der Waals surface area contributed by atoms with Crippen LogP contribution in [0, 0.1) is 0 Å². The predicted octanol–water partition coefficient (Wildman–Crippen LogP) is 1.89. The number of fused-ring (bicyclic) bond motifs is 1. The summed E-state index contributed by atoms with van der Waals surface area (Å²) in [7, 11) is 0. The Bertz CT molecular complexity index is 423. The highest BCUT2D eigenvalue weighted by Gasteiger charge is 2.14. The highest BCUT2D eigenvalue weighted by Crippen LogP contribution is 2.21. The Morgan fingerprint density at radius 3 is 3.00 bits per heavy atom. The molecular weight excluding hydrogens is 174 g/mol. The molecule has 0 unspecified atom stereocenters. The molecule has 0 radical (unpaired) electrons. The van der Waals surface area contributed by atoms with Gasteiger partial charge in [-0.1, -0.05) is 6.07 Å². The number of aromatic nitrogens is 3. The molecule has 3 heteroatoms. The van der Waals surface area contributed by atoms with Gasteiger partial charge in [-0.3, -0.25) is 9.67 Å². The normalized spacial score (nSPS) is 14.3. The Morgan fingerprint density at radius 2 is 2.21 bits per heavy atom. The first-order chi connectivity index (χ1) is 6.93. The SMILES string of the molecule is c1ccc(-c2cc3n(n2)CCC3)nc1. The molecule has 0 fully saturated rings.